The Balaban J connectivity index is 1.98. The molecule has 2 fully saturated rings. The van der Waals surface area contributed by atoms with Crippen molar-refractivity contribution in [1.29, 1.82) is 0 Å². The lowest BCUT2D eigenvalue weighted by molar-refractivity contribution is -0.140. The van der Waals surface area contributed by atoms with Gasteiger partial charge < -0.3 is 15.3 Å². The summed E-state index contributed by atoms with van der Waals surface area (Å²) in [4.78, 5) is 25.6. The summed E-state index contributed by atoms with van der Waals surface area (Å²) in [5, 5.41) is 12.0. The summed E-state index contributed by atoms with van der Waals surface area (Å²) < 4.78 is 0. The Morgan fingerprint density at radius 3 is 2.65 bits per heavy atom. The molecular weight excluding hydrogens is 256 g/mol. The number of carbonyl (C=O) groups is 2. The van der Waals surface area contributed by atoms with Gasteiger partial charge >= 0.3 is 12.0 Å². The summed E-state index contributed by atoms with van der Waals surface area (Å²) in [6.45, 7) is 4.58. The van der Waals surface area contributed by atoms with Crippen LogP contribution >= 0.6 is 0 Å². The van der Waals surface area contributed by atoms with Crippen LogP contribution in [0.15, 0.2) is 0 Å². The van der Waals surface area contributed by atoms with Gasteiger partial charge in [-0.2, -0.15) is 0 Å². The van der Waals surface area contributed by atoms with Crippen LogP contribution in [0.4, 0.5) is 4.79 Å². The first-order valence-corrected chi connectivity index (χ1v) is 7.84. The van der Waals surface area contributed by atoms with E-state index in [1.807, 2.05) is 18.7 Å². The van der Waals surface area contributed by atoms with Gasteiger partial charge in [0.15, 0.2) is 0 Å². The summed E-state index contributed by atoms with van der Waals surface area (Å²) in [5.41, 5.74) is 0. The molecule has 1 aliphatic carbocycles. The van der Waals surface area contributed by atoms with Crippen LogP contribution in [-0.4, -0.2) is 40.6 Å². The zero-order valence-corrected chi connectivity index (χ0v) is 12.5. The molecule has 3 unspecified atom stereocenters. The van der Waals surface area contributed by atoms with Gasteiger partial charge in [0.1, 0.15) is 6.04 Å². The molecule has 0 aromatic heterocycles. The lowest BCUT2D eigenvalue weighted by atomic mass is 9.85. The van der Waals surface area contributed by atoms with Crippen molar-refractivity contribution in [2.24, 2.45) is 11.8 Å². The van der Waals surface area contributed by atoms with E-state index in [-0.39, 0.29) is 11.9 Å². The minimum atomic E-state index is -0.938. The molecule has 1 saturated heterocycles. The summed E-state index contributed by atoms with van der Waals surface area (Å²) in [7, 11) is 0. The Kier molecular flexibility index (Phi) is 4.89. The van der Waals surface area contributed by atoms with Crippen molar-refractivity contribution in [2.45, 2.75) is 64.5 Å². The molecule has 5 heteroatoms. The van der Waals surface area contributed by atoms with E-state index in [2.05, 4.69) is 5.32 Å². The third-order valence-electron chi connectivity index (χ3n) is 5.03. The molecule has 2 amide bonds. The van der Waals surface area contributed by atoms with E-state index in [1.54, 1.807) is 0 Å². The molecular formula is C15H26N2O3. The first kappa shape index (κ1) is 15.1. The Bertz CT molecular complexity index is 372. The van der Waals surface area contributed by atoms with Gasteiger partial charge in [0.25, 0.3) is 0 Å². The Morgan fingerprint density at radius 2 is 2.00 bits per heavy atom. The van der Waals surface area contributed by atoms with Crippen LogP contribution in [0, 0.1) is 11.8 Å². The fourth-order valence-corrected chi connectivity index (χ4v) is 3.56. The molecule has 5 nitrogen and oxygen atoms in total. The second-order valence-corrected chi connectivity index (χ2v) is 6.24. The second-order valence-electron chi connectivity index (χ2n) is 6.24. The first-order chi connectivity index (χ1) is 9.54. The highest BCUT2D eigenvalue weighted by Crippen LogP contribution is 2.36. The Labute approximate surface area is 120 Å². The van der Waals surface area contributed by atoms with Crippen molar-refractivity contribution >= 4 is 12.0 Å². The maximum Gasteiger partial charge on any atom is 0.326 e. The molecule has 2 rings (SSSR count). The predicted molar refractivity (Wildman–Crippen MR) is 76.5 cm³/mol. The van der Waals surface area contributed by atoms with Gasteiger partial charge in [-0.3, -0.25) is 0 Å². The van der Waals surface area contributed by atoms with Crippen LogP contribution in [0.5, 0.6) is 0 Å². The maximum atomic E-state index is 12.4. The monoisotopic (exact) mass is 282 g/mol. The van der Waals surface area contributed by atoms with E-state index < -0.39 is 12.0 Å². The quantitative estimate of drug-likeness (QED) is 0.832. The number of likely N-dealkylation sites (tertiary alicyclic amines) is 1. The van der Waals surface area contributed by atoms with Crippen LogP contribution in [0.3, 0.4) is 0 Å². The smallest absolute Gasteiger partial charge is 0.326 e. The SMILES string of the molecule is CCC(C)[C@H](NC(=O)N1CCC2CCCCC21)C(=O)O. The van der Waals surface area contributed by atoms with E-state index in [1.165, 1.54) is 19.3 Å². The largest absolute Gasteiger partial charge is 0.480 e. The zero-order chi connectivity index (χ0) is 14.7. The van der Waals surface area contributed by atoms with E-state index in [0.29, 0.717) is 12.0 Å². The summed E-state index contributed by atoms with van der Waals surface area (Å²) in [6, 6.07) is -0.641. The number of aliphatic carboxylic acids is 1. The van der Waals surface area contributed by atoms with Crippen LogP contribution < -0.4 is 5.32 Å². The number of hydrogen-bond acceptors (Lipinski definition) is 2. The lowest BCUT2D eigenvalue weighted by Crippen LogP contribution is -2.52. The highest BCUT2D eigenvalue weighted by molar-refractivity contribution is 5.83. The molecule has 0 radical (unpaired) electrons. The number of carboxylic acids is 1. The summed E-state index contributed by atoms with van der Waals surface area (Å²) >= 11 is 0. The number of hydrogen-bond donors (Lipinski definition) is 2. The second kappa shape index (κ2) is 6.46. The predicted octanol–water partition coefficient (Wildman–Crippen LogP) is 2.46. The highest BCUT2D eigenvalue weighted by Gasteiger charge is 2.39. The van der Waals surface area contributed by atoms with E-state index >= 15 is 0 Å². The third kappa shape index (κ3) is 3.07. The van der Waals surface area contributed by atoms with Gasteiger partial charge in [-0.1, -0.05) is 33.1 Å². The number of carboxylic acid groups (broad SMARTS) is 1. The number of urea groups is 1. The summed E-state index contributed by atoms with van der Waals surface area (Å²) in [6.07, 6.45) is 6.53. The van der Waals surface area contributed by atoms with Crippen molar-refractivity contribution in [3.63, 3.8) is 0 Å². The third-order valence-corrected chi connectivity index (χ3v) is 5.03. The Hall–Kier alpha value is -1.26. The lowest BCUT2D eigenvalue weighted by Gasteiger charge is -2.33. The minimum Gasteiger partial charge on any atom is -0.480 e. The fourth-order valence-electron chi connectivity index (χ4n) is 3.56. The van der Waals surface area contributed by atoms with E-state index in [0.717, 1.165) is 25.8 Å². The molecule has 1 saturated carbocycles. The van der Waals surface area contributed by atoms with Crippen LogP contribution in [0.1, 0.15) is 52.4 Å². The van der Waals surface area contributed by atoms with Gasteiger partial charge in [-0.05, 0) is 31.1 Å². The molecule has 114 valence electrons. The maximum absolute atomic E-state index is 12.4. The van der Waals surface area contributed by atoms with Crippen LogP contribution in [0.25, 0.3) is 0 Å². The molecule has 1 aliphatic heterocycles. The fraction of sp³-hybridized carbons (Fsp3) is 0.867. The zero-order valence-electron chi connectivity index (χ0n) is 12.5. The van der Waals surface area contributed by atoms with Gasteiger partial charge in [0, 0.05) is 12.6 Å². The standard InChI is InChI=1S/C15H26N2O3/c1-3-10(2)13(14(18)19)16-15(20)17-9-8-11-6-4-5-7-12(11)17/h10-13H,3-9H2,1-2H3,(H,16,20)(H,18,19)/t10?,11?,12?,13-/m0/s1. The molecule has 0 bridgehead atoms. The number of nitrogens with one attached hydrogen (secondary N) is 1. The van der Waals surface area contributed by atoms with Crippen molar-refractivity contribution in [3.05, 3.63) is 0 Å². The molecule has 0 aromatic carbocycles. The van der Waals surface area contributed by atoms with Gasteiger partial charge in [-0.25, -0.2) is 9.59 Å². The molecule has 4 atom stereocenters. The van der Waals surface area contributed by atoms with Crippen molar-refractivity contribution in [1.82, 2.24) is 10.2 Å². The van der Waals surface area contributed by atoms with Gasteiger partial charge in [0.05, 0.1) is 0 Å². The van der Waals surface area contributed by atoms with Crippen LogP contribution in [0.2, 0.25) is 0 Å². The molecule has 1 heterocycles. The van der Waals surface area contributed by atoms with Crippen LogP contribution in [-0.2, 0) is 4.79 Å². The number of nitrogens with zero attached hydrogens (tertiary/aromatic N) is 1. The van der Waals surface area contributed by atoms with Gasteiger partial charge in [-0.15, -0.1) is 0 Å². The van der Waals surface area contributed by atoms with Crippen molar-refractivity contribution < 1.29 is 14.7 Å². The number of fused-ring (bicyclic) bond motifs is 1. The average molecular weight is 282 g/mol. The number of amides is 2. The molecule has 0 spiro atoms. The highest BCUT2D eigenvalue weighted by atomic mass is 16.4. The normalized spacial score (nSPS) is 28.6. The first-order valence-electron chi connectivity index (χ1n) is 7.84. The minimum absolute atomic E-state index is 0.0544. The molecule has 2 N–H and O–H groups in total. The molecule has 2 aliphatic rings. The van der Waals surface area contributed by atoms with Gasteiger partial charge in [0.2, 0.25) is 0 Å². The average Bonchev–Trinajstić information content (AvgIpc) is 2.87. The number of carbonyl (C=O) groups excluding carboxylic acids is 1. The van der Waals surface area contributed by atoms with E-state index in [9.17, 15) is 14.7 Å². The Morgan fingerprint density at radius 1 is 1.30 bits per heavy atom. The molecule has 0 aromatic rings. The number of rotatable bonds is 4. The topological polar surface area (TPSA) is 69.6 Å². The van der Waals surface area contributed by atoms with Crippen molar-refractivity contribution in [3.8, 4) is 0 Å². The van der Waals surface area contributed by atoms with Crippen molar-refractivity contribution in [2.75, 3.05) is 6.54 Å². The van der Waals surface area contributed by atoms with E-state index in [4.69, 9.17) is 0 Å². The summed E-state index contributed by atoms with van der Waals surface area (Å²) in [5.74, 6) is -0.366. The molecule has 20 heavy (non-hydrogen) atoms.